The molecular weight excluding hydrogens is 236 g/mol. The summed E-state index contributed by atoms with van der Waals surface area (Å²) in [5, 5.41) is 6.36. The molecule has 1 amide bonds. The molecule has 17 heavy (non-hydrogen) atoms. The Kier molecular flexibility index (Phi) is 3.49. The van der Waals surface area contributed by atoms with E-state index in [4.69, 9.17) is 4.52 Å². The number of carbonyl (C=O) groups excluding carboxylic acids is 1. The standard InChI is InChI=1S/C12H12N2O2S/c1-8-6-11(16-14-8)13-12(15)9-4-3-5-10(7-9)17-2/h3-7H,1-2H3,(H,13,15). The monoisotopic (exact) mass is 248 g/mol. The van der Waals surface area contributed by atoms with Crippen LogP contribution in [0.2, 0.25) is 0 Å². The molecule has 1 aromatic carbocycles. The summed E-state index contributed by atoms with van der Waals surface area (Å²) in [5.74, 6) is 0.166. The zero-order valence-electron chi connectivity index (χ0n) is 9.56. The maximum Gasteiger partial charge on any atom is 0.258 e. The first-order chi connectivity index (χ1) is 8.19. The maximum atomic E-state index is 11.9. The van der Waals surface area contributed by atoms with Crippen molar-refractivity contribution in [3.8, 4) is 0 Å². The van der Waals surface area contributed by atoms with Crippen LogP contribution in [0.25, 0.3) is 0 Å². The van der Waals surface area contributed by atoms with Crippen LogP contribution in [0.3, 0.4) is 0 Å². The average Bonchev–Trinajstić information content (AvgIpc) is 2.75. The predicted molar refractivity (Wildman–Crippen MR) is 67.4 cm³/mol. The van der Waals surface area contributed by atoms with E-state index in [0.29, 0.717) is 11.4 Å². The largest absolute Gasteiger partial charge is 0.338 e. The van der Waals surface area contributed by atoms with Gasteiger partial charge >= 0.3 is 0 Å². The number of carbonyl (C=O) groups is 1. The lowest BCUT2D eigenvalue weighted by Gasteiger charge is -2.02. The van der Waals surface area contributed by atoms with E-state index >= 15 is 0 Å². The molecule has 5 heteroatoms. The first kappa shape index (κ1) is 11.7. The predicted octanol–water partition coefficient (Wildman–Crippen LogP) is 2.96. The van der Waals surface area contributed by atoms with Crippen LogP contribution >= 0.6 is 11.8 Å². The van der Waals surface area contributed by atoms with Crippen molar-refractivity contribution in [3.63, 3.8) is 0 Å². The van der Waals surface area contributed by atoms with Crippen LogP contribution in [0.4, 0.5) is 5.88 Å². The van der Waals surface area contributed by atoms with Gasteiger partial charge in [-0.25, -0.2) is 0 Å². The molecule has 0 bridgehead atoms. The van der Waals surface area contributed by atoms with E-state index < -0.39 is 0 Å². The third-order valence-electron chi connectivity index (χ3n) is 2.20. The summed E-state index contributed by atoms with van der Waals surface area (Å²) in [5.41, 5.74) is 1.34. The number of anilines is 1. The van der Waals surface area contributed by atoms with Crippen molar-refractivity contribution in [1.82, 2.24) is 5.16 Å². The van der Waals surface area contributed by atoms with Gasteiger partial charge in [0.25, 0.3) is 5.91 Å². The summed E-state index contributed by atoms with van der Waals surface area (Å²) in [7, 11) is 0. The molecule has 0 atom stereocenters. The molecule has 0 radical (unpaired) electrons. The van der Waals surface area contributed by atoms with Crippen LogP contribution in [0.15, 0.2) is 39.8 Å². The quantitative estimate of drug-likeness (QED) is 0.848. The molecule has 1 N–H and O–H groups in total. The molecule has 0 aliphatic heterocycles. The lowest BCUT2D eigenvalue weighted by Crippen LogP contribution is -2.11. The normalized spacial score (nSPS) is 10.2. The molecule has 88 valence electrons. The fourth-order valence-electron chi connectivity index (χ4n) is 1.37. The molecule has 0 aliphatic carbocycles. The number of nitrogens with zero attached hydrogens (tertiary/aromatic N) is 1. The number of thioether (sulfide) groups is 1. The van der Waals surface area contributed by atoms with Crippen LogP contribution in [0.1, 0.15) is 16.1 Å². The highest BCUT2D eigenvalue weighted by molar-refractivity contribution is 7.98. The molecule has 0 unspecified atom stereocenters. The van der Waals surface area contributed by atoms with Gasteiger partial charge in [-0.15, -0.1) is 11.8 Å². The van der Waals surface area contributed by atoms with Gasteiger partial charge in [0.2, 0.25) is 5.88 Å². The second kappa shape index (κ2) is 5.05. The smallest absolute Gasteiger partial charge is 0.258 e. The van der Waals surface area contributed by atoms with Gasteiger partial charge in [0.15, 0.2) is 0 Å². The lowest BCUT2D eigenvalue weighted by atomic mass is 10.2. The molecule has 0 spiro atoms. The van der Waals surface area contributed by atoms with Gasteiger partial charge in [0.05, 0.1) is 5.69 Å². The zero-order chi connectivity index (χ0) is 12.3. The van der Waals surface area contributed by atoms with Crippen LogP contribution < -0.4 is 5.32 Å². The van der Waals surface area contributed by atoms with Gasteiger partial charge in [-0.05, 0) is 31.4 Å². The first-order valence-corrected chi connectivity index (χ1v) is 6.30. The number of hydrogen-bond donors (Lipinski definition) is 1. The SMILES string of the molecule is CSc1cccc(C(=O)Nc2cc(C)no2)c1. The molecule has 0 saturated carbocycles. The number of aryl methyl sites for hydroxylation is 1. The second-order valence-corrected chi connectivity index (χ2v) is 4.40. The van der Waals surface area contributed by atoms with E-state index in [2.05, 4.69) is 10.5 Å². The van der Waals surface area contributed by atoms with Crippen molar-refractivity contribution in [2.24, 2.45) is 0 Å². The summed E-state index contributed by atoms with van der Waals surface area (Å²) in [6, 6.07) is 9.09. The van der Waals surface area contributed by atoms with E-state index in [-0.39, 0.29) is 5.91 Å². The number of amides is 1. The zero-order valence-corrected chi connectivity index (χ0v) is 10.4. The van der Waals surface area contributed by atoms with Crippen molar-refractivity contribution < 1.29 is 9.32 Å². The van der Waals surface area contributed by atoms with Crippen LogP contribution in [0, 0.1) is 6.92 Å². The molecule has 2 rings (SSSR count). The van der Waals surface area contributed by atoms with Crippen LogP contribution in [-0.4, -0.2) is 17.3 Å². The third kappa shape index (κ3) is 2.88. The van der Waals surface area contributed by atoms with E-state index in [1.54, 1.807) is 30.8 Å². The fourth-order valence-corrected chi connectivity index (χ4v) is 1.83. The van der Waals surface area contributed by atoms with Crippen molar-refractivity contribution in [2.45, 2.75) is 11.8 Å². The number of rotatable bonds is 3. The van der Waals surface area contributed by atoms with Gasteiger partial charge < -0.3 is 4.52 Å². The molecule has 0 aliphatic rings. The lowest BCUT2D eigenvalue weighted by molar-refractivity contribution is 0.102. The number of benzene rings is 1. The fraction of sp³-hybridized carbons (Fsp3) is 0.167. The van der Waals surface area contributed by atoms with E-state index in [1.807, 2.05) is 24.5 Å². The summed E-state index contributed by atoms with van der Waals surface area (Å²) >= 11 is 1.60. The third-order valence-corrected chi connectivity index (χ3v) is 2.92. The first-order valence-electron chi connectivity index (χ1n) is 5.08. The minimum Gasteiger partial charge on any atom is -0.338 e. The number of aromatic nitrogens is 1. The van der Waals surface area contributed by atoms with Crippen molar-refractivity contribution in [1.29, 1.82) is 0 Å². The van der Waals surface area contributed by atoms with Gasteiger partial charge in [0.1, 0.15) is 0 Å². The Morgan fingerprint density at radius 3 is 2.88 bits per heavy atom. The highest BCUT2D eigenvalue weighted by Gasteiger charge is 2.09. The molecule has 1 heterocycles. The Morgan fingerprint density at radius 1 is 1.41 bits per heavy atom. The Morgan fingerprint density at radius 2 is 2.24 bits per heavy atom. The number of hydrogen-bond acceptors (Lipinski definition) is 4. The Hall–Kier alpha value is -1.75. The molecule has 1 aromatic heterocycles. The minimum atomic E-state index is -0.197. The summed E-state index contributed by atoms with van der Waals surface area (Å²) in [4.78, 5) is 12.9. The Balaban J connectivity index is 2.14. The van der Waals surface area contributed by atoms with E-state index in [9.17, 15) is 4.79 Å². The molecule has 0 fully saturated rings. The van der Waals surface area contributed by atoms with Gasteiger partial charge in [0, 0.05) is 16.5 Å². The minimum absolute atomic E-state index is 0.197. The van der Waals surface area contributed by atoms with Crippen molar-refractivity contribution in [2.75, 3.05) is 11.6 Å². The summed E-state index contributed by atoms with van der Waals surface area (Å²) in [6.45, 7) is 1.80. The van der Waals surface area contributed by atoms with Gasteiger partial charge in [-0.1, -0.05) is 11.2 Å². The summed E-state index contributed by atoms with van der Waals surface area (Å²) in [6.07, 6.45) is 1.97. The average molecular weight is 248 g/mol. The molecule has 2 aromatic rings. The topological polar surface area (TPSA) is 55.1 Å². The Bertz CT molecular complexity index is 537. The highest BCUT2D eigenvalue weighted by atomic mass is 32.2. The molecule has 0 saturated heterocycles. The second-order valence-electron chi connectivity index (χ2n) is 3.52. The Labute approximate surface area is 103 Å². The highest BCUT2D eigenvalue weighted by Crippen LogP contribution is 2.17. The molecular formula is C12H12N2O2S. The van der Waals surface area contributed by atoms with Crippen molar-refractivity contribution >= 4 is 23.6 Å². The van der Waals surface area contributed by atoms with Gasteiger partial charge in [-0.2, -0.15) is 0 Å². The van der Waals surface area contributed by atoms with Crippen LogP contribution in [-0.2, 0) is 0 Å². The summed E-state index contributed by atoms with van der Waals surface area (Å²) < 4.78 is 4.93. The molecule has 4 nitrogen and oxygen atoms in total. The van der Waals surface area contributed by atoms with Crippen molar-refractivity contribution in [3.05, 3.63) is 41.6 Å². The number of nitrogens with one attached hydrogen (secondary N) is 1. The van der Waals surface area contributed by atoms with E-state index in [0.717, 1.165) is 10.6 Å². The maximum absolute atomic E-state index is 11.9. The van der Waals surface area contributed by atoms with E-state index in [1.165, 1.54) is 0 Å². The van der Waals surface area contributed by atoms with Crippen LogP contribution in [0.5, 0.6) is 0 Å². The van der Waals surface area contributed by atoms with Gasteiger partial charge in [-0.3, -0.25) is 10.1 Å².